The number of aromatic nitrogens is 2. The Morgan fingerprint density at radius 1 is 1.50 bits per heavy atom. The highest BCUT2D eigenvalue weighted by atomic mass is 16.2. The van der Waals surface area contributed by atoms with Crippen LogP contribution in [-0.2, 0) is 4.79 Å². The van der Waals surface area contributed by atoms with Gasteiger partial charge in [-0.15, -0.1) is 5.10 Å². The minimum atomic E-state index is -0.197. The van der Waals surface area contributed by atoms with Gasteiger partial charge >= 0.3 is 0 Å². The third-order valence-electron chi connectivity index (χ3n) is 2.87. The Bertz CT molecular complexity index is 445. The van der Waals surface area contributed by atoms with Crippen LogP contribution in [-0.4, -0.2) is 28.4 Å². The molecule has 2 rings (SSSR count). The van der Waals surface area contributed by atoms with E-state index in [0.29, 0.717) is 18.8 Å². The first-order valence-corrected chi connectivity index (χ1v) is 6.17. The second-order valence-corrected chi connectivity index (χ2v) is 4.20. The van der Waals surface area contributed by atoms with Crippen molar-refractivity contribution in [3.05, 3.63) is 18.3 Å². The number of carbonyl (C=O) groups excluding carboxylic acids is 1. The van der Waals surface area contributed by atoms with E-state index in [1.165, 1.54) is 5.01 Å². The second kappa shape index (κ2) is 5.68. The zero-order chi connectivity index (χ0) is 13.0. The number of hydrogen-bond acceptors (Lipinski definition) is 5. The van der Waals surface area contributed by atoms with E-state index in [-0.39, 0.29) is 11.8 Å². The molecule has 1 aliphatic heterocycles. The van der Waals surface area contributed by atoms with Crippen LogP contribution in [0.25, 0.3) is 0 Å². The fourth-order valence-electron chi connectivity index (χ4n) is 2.05. The van der Waals surface area contributed by atoms with Gasteiger partial charge in [-0.2, -0.15) is 15.2 Å². The maximum atomic E-state index is 12.3. The van der Waals surface area contributed by atoms with E-state index in [1.807, 2.05) is 0 Å². The smallest absolute Gasteiger partial charge is 0.257 e. The molecule has 0 aromatic carbocycles. The first kappa shape index (κ1) is 12.6. The summed E-state index contributed by atoms with van der Waals surface area (Å²) in [5.74, 6) is 0.219. The number of hydrogen-bond donors (Lipinski definition) is 1. The van der Waals surface area contributed by atoms with Gasteiger partial charge in [0.05, 0.1) is 11.6 Å². The van der Waals surface area contributed by atoms with Gasteiger partial charge in [-0.05, 0) is 31.5 Å². The number of anilines is 1. The maximum absolute atomic E-state index is 12.3. The molecule has 2 N–H and O–H groups in total. The summed E-state index contributed by atoms with van der Waals surface area (Å²) in [4.78, 5) is 12.3. The van der Waals surface area contributed by atoms with Gasteiger partial charge in [-0.25, -0.2) is 0 Å². The van der Waals surface area contributed by atoms with Crippen LogP contribution in [0.3, 0.4) is 0 Å². The molecule has 0 bridgehead atoms. The monoisotopic (exact) mass is 247 g/mol. The Hall–Kier alpha value is -1.82. The average Bonchev–Trinajstić information content (AvgIpc) is 2.70. The normalized spacial score (nSPS) is 19.2. The Morgan fingerprint density at radius 2 is 2.33 bits per heavy atom. The average molecular weight is 247 g/mol. The lowest BCUT2D eigenvalue weighted by Crippen LogP contribution is -2.29. The molecule has 0 spiro atoms. The lowest BCUT2D eigenvalue weighted by atomic mass is 9.96. The van der Waals surface area contributed by atoms with Crippen LogP contribution in [0, 0.1) is 5.92 Å². The molecule has 0 aliphatic carbocycles. The van der Waals surface area contributed by atoms with Gasteiger partial charge in [-0.3, -0.25) is 4.79 Å². The van der Waals surface area contributed by atoms with Gasteiger partial charge < -0.3 is 5.73 Å². The zero-order valence-corrected chi connectivity index (χ0v) is 10.4. The van der Waals surface area contributed by atoms with Crippen LogP contribution in [0.1, 0.15) is 26.2 Å². The van der Waals surface area contributed by atoms with E-state index >= 15 is 0 Å². The van der Waals surface area contributed by atoms with E-state index in [4.69, 9.17) is 5.73 Å². The highest BCUT2D eigenvalue weighted by Gasteiger charge is 2.35. The van der Waals surface area contributed by atoms with Crippen molar-refractivity contribution in [3.8, 4) is 0 Å². The van der Waals surface area contributed by atoms with E-state index in [2.05, 4.69) is 22.2 Å². The van der Waals surface area contributed by atoms with Crippen molar-refractivity contribution in [2.24, 2.45) is 16.8 Å². The fourth-order valence-corrected chi connectivity index (χ4v) is 2.05. The summed E-state index contributed by atoms with van der Waals surface area (Å²) in [6.45, 7) is 2.55. The zero-order valence-electron chi connectivity index (χ0n) is 10.4. The van der Waals surface area contributed by atoms with Gasteiger partial charge in [-0.1, -0.05) is 13.3 Å². The van der Waals surface area contributed by atoms with E-state index < -0.39 is 0 Å². The van der Waals surface area contributed by atoms with Gasteiger partial charge in [0.15, 0.2) is 5.82 Å². The summed E-state index contributed by atoms with van der Waals surface area (Å²) >= 11 is 0. The Balaban J connectivity index is 2.25. The Kier molecular flexibility index (Phi) is 3.99. The minimum absolute atomic E-state index is 0.0515. The van der Waals surface area contributed by atoms with Crippen molar-refractivity contribution in [1.82, 2.24) is 10.2 Å². The molecular weight excluding hydrogens is 230 g/mol. The quantitative estimate of drug-likeness (QED) is 0.839. The summed E-state index contributed by atoms with van der Waals surface area (Å²) < 4.78 is 0. The Morgan fingerprint density at radius 3 is 2.94 bits per heavy atom. The molecular formula is C12H17N5O. The van der Waals surface area contributed by atoms with Crippen molar-refractivity contribution in [1.29, 1.82) is 0 Å². The molecule has 0 saturated heterocycles. The number of nitrogens with two attached hydrogens (primary N) is 1. The first-order valence-electron chi connectivity index (χ1n) is 6.17. The number of rotatable bonds is 5. The van der Waals surface area contributed by atoms with Crippen molar-refractivity contribution in [3.63, 3.8) is 0 Å². The Labute approximate surface area is 106 Å². The molecule has 1 aromatic rings. The predicted octanol–water partition coefficient (Wildman–Crippen LogP) is 0.944. The maximum Gasteiger partial charge on any atom is 0.257 e. The van der Waals surface area contributed by atoms with Crippen LogP contribution in [0.15, 0.2) is 23.4 Å². The number of nitrogens with zero attached hydrogens (tertiary/aromatic N) is 4. The summed E-state index contributed by atoms with van der Waals surface area (Å²) in [5, 5.41) is 13.4. The second-order valence-electron chi connectivity index (χ2n) is 4.20. The van der Waals surface area contributed by atoms with Crippen LogP contribution in [0.2, 0.25) is 0 Å². The SMILES string of the molecule is CCCC1=NN(c2cccnn2)C(=O)C1CCN. The molecule has 6 nitrogen and oxygen atoms in total. The molecule has 0 fully saturated rings. The molecule has 1 aliphatic rings. The summed E-state index contributed by atoms with van der Waals surface area (Å²) in [7, 11) is 0. The molecule has 6 heteroatoms. The molecule has 1 atom stereocenters. The number of hydrazone groups is 1. The topological polar surface area (TPSA) is 84.5 Å². The predicted molar refractivity (Wildman–Crippen MR) is 69.0 cm³/mol. The van der Waals surface area contributed by atoms with Gasteiger partial charge in [0.1, 0.15) is 0 Å². The number of amides is 1. The van der Waals surface area contributed by atoms with Gasteiger partial charge in [0.25, 0.3) is 5.91 Å². The van der Waals surface area contributed by atoms with Crippen LogP contribution < -0.4 is 10.7 Å². The van der Waals surface area contributed by atoms with Gasteiger partial charge in [0.2, 0.25) is 0 Å². The molecule has 1 amide bonds. The first-order chi connectivity index (χ1) is 8.77. The van der Waals surface area contributed by atoms with Crippen molar-refractivity contribution >= 4 is 17.4 Å². The van der Waals surface area contributed by atoms with E-state index in [0.717, 1.165) is 18.6 Å². The lowest BCUT2D eigenvalue weighted by Gasteiger charge is -2.12. The van der Waals surface area contributed by atoms with Crippen molar-refractivity contribution in [2.75, 3.05) is 11.6 Å². The van der Waals surface area contributed by atoms with Crippen LogP contribution >= 0.6 is 0 Å². The molecule has 2 heterocycles. The van der Waals surface area contributed by atoms with E-state index in [9.17, 15) is 4.79 Å². The standard InChI is InChI=1S/C12H17N5O/c1-2-4-10-9(6-7-13)12(18)17(16-10)11-5-3-8-14-15-11/h3,5,8-9H,2,4,6-7,13H2,1H3. The highest BCUT2D eigenvalue weighted by Crippen LogP contribution is 2.25. The summed E-state index contributed by atoms with van der Waals surface area (Å²) in [5.41, 5.74) is 6.46. The molecule has 0 radical (unpaired) electrons. The lowest BCUT2D eigenvalue weighted by molar-refractivity contribution is -0.119. The highest BCUT2D eigenvalue weighted by molar-refractivity contribution is 6.15. The summed E-state index contributed by atoms with van der Waals surface area (Å²) in [6, 6.07) is 3.46. The molecule has 0 saturated carbocycles. The third kappa shape index (κ3) is 2.38. The van der Waals surface area contributed by atoms with Crippen LogP contribution in [0.4, 0.5) is 5.82 Å². The summed E-state index contributed by atoms with van der Waals surface area (Å²) in [6.07, 6.45) is 3.97. The molecule has 1 aromatic heterocycles. The fraction of sp³-hybridized carbons (Fsp3) is 0.500. The third-order valence-corrected chi connectivity index (χ3v) is 2.87. The van der Waals surface area contributed by atoms with Crippen molar-refractivity contribution in [2.45, 2.75) is 26.2 Å². The minimum Gasteiger partial charge on any atom is -0.330 e. The molecule has 18 heavy (non-hydrogen) atoms. The van der Waals surface area contributed by atoms with Crippen LogP contribution in [0.5, 0.6) is 0 Å². The van der Waals surface area contributed by atoms with Gasteiger partial charge in [0, 0.05) is 6.20 Å². The molecule has 96 valence electrons. The van der Waals surface area contributed by atoms with Crippen molar-refractivity contribution < 1.29 is 4.79 Å². The molecule has 1 unspecified atom stereocenters. The number of carbonyl (C=O) groups is 1. The van der Waals surface area contributed by atoms with E-state index in [1.54, 1.807) is 18.3 Å². The largest absolute Gasteiger partial charge is 0.330 e.